The summed E-state index contributed by atoms with van der Waals surface area (Å²) in [6.07, 6.45) is 3.70. The molecule has 0 unspecified atom stereocenters. The molecule has 25 heavy (non-hydrogen) atoms. The Balaban J connectivity index is 1.51. The van der Waals surface area contributed by atoms with Crippen LogP contribution in [0.4, 0.5) is 4.39 Å². The fraction of sp³-hybridized carbons (Fsp3) is 0.294. The molecule has 2 heterocycles. The first-order valence-electron chi connectivity index (χ1n) is 7.93. The molecule has 1 amide bonds. The van der Waals surface area contributed by atoms with Crippen molar-refractivity contribution in [2.75, 3.05) is 6.54 Å². The second-order valence-electron chi connectivity index (χ2n) is 5.72. The zero-order valence-corrected chi connectivity index (χ0v) is 13.8. The summed E-state index contributed by atoms with van der Waals surface area (Å²) < 4.78 is 15.8. The molecule has 0 spiro atoms. The van der Waals surface area contributed by atoms with Crippen molar-refractivity contribution < 1.29 is 9.18 Å². The van der Waals surface area contributed by atoms with E-state index in [1.807, 2.05) is 0 Å². The molecule has 7 nitrogen and oxygen atoms in total. The maximum Gasteiger partial charge on any atom is 0.264 e. The summed E-state index contributed by atoms with van der Waals surface area (Å²) >= 11 is 0. The van der Waals surface area contributed by atoms with E-state index in [2.05, 4.69) is 15.4 Å². The zero-order chi connectivity index (χ0) is 17.8. The van der Waals surface area contributed by atoms with Crippen molar-refractivity contribution in [3.05, 3.63) is 58.5 Å². The third kappa shape index (κ3) is 3.90. The predicted molar refractivity (Wildman–Crippen MR) is 90.5 cm³/mol. The first kappa shape index (κ1) is 16.8. The summed E-state index contributed by atoms with van der Waals surface area (Å²) in [6, 6.07) is 6.17. The van der Waals surface area contributed by atoms with Crippen LogP contribution in [0, 0.1) is 5.82 Å². The third-order valence-corrected chi connectivity index (χ3v) is 3.95. The second-order valence-corrected chi connectivity index (χ2v) is 5.72. The molecule has 0 fully saturated rings. The molecule has 0 aliphatic rings. The minimum Gasteiger partial charge on any atom is -0.356 e. The summed E-state index contributed by atoms with van der Waals surface area (Å²) in [7, 11) is 1.72. The van der Waals surface area contributed by atoms with Gasteiger partial charge in [-0.1, -0.05) is 12.1 Å². The molecule has 0 aliphatic carbocycles. The van der Waals surface area contributed by atoms with Crippen molar-refractivity contribution in [3.8, 4) is 0 Å². The minimum atomic E-state index is -0.280. The minimum absolute atomic E-state index is 0.153. The second kappa shape index (κ2) is 7.25. The van der Waals surface area contributed by atoms with Crippen LogP contribution in [0.3, 0.4) is 0 Å². The Bertz CT molecular complexity index is 946. The number of nitrogens with one attached hydrogen (secondary N) is 1. The Morgan fingerprint density at radius 3 is 2.80 bits per heavy atom. The first-order chi connectivity index (χ1) is 12.0. The fourth-order valence-corrected chi connectivity index (χ4v) is 2.53. The number of amides is 1. The van der Waals surface area contributed by atoms with Crippen LogP contribution in [0.2, 0.25) is 0 Å². The highest BCUT2D eigenvalue weighted by atomic mass is 19.1. The van der Waals surface area contributed by atoms with Crippen LogP contribution in [-0.2, 0) is 24.8 Å². The number of fused-ring (bicyclic) bond motifs is 1. The maximum atomic E-state index is 12.8. The summed E-state index contributed by atoms with van der Waals surface area (Å²) in [6.45, 7) is 0.707. The molecule has 1 aromatic carbocycles. The topological polar surface area (TPSA) is 81.8 Å². The van der Waals surface area contributed by atoms with E-state index in [9.17, 15) is 14.0 Å². The lowest BCUT2D eigenvalue weighted by Gasteiger charge is -2.07. The van der Waals surface area contributed by atoms with Crippen LogP contribution >= 0.6 is 0 Å². The average Bonchev–Trinajstić information content (AvgIpc) is 2.98. The van der Waals surface area contributed by atoms with Crippen LogP contribution in [0.15, 0.2) is 41.6 Å². The molecule has 0 radical (unpaired) electrons. The molecule has 0 saturated heterocycles. The largest absolute Gasteiger partial charge is 0.356 e. The Kier molecular flexibility index (Phi) is 4.87. The van der Waals surface area contributed by atoms with Crippen molar-refractivity contribution in [3.63, 3.8) is 0 Å². The quantitative estimate of drug-likeness (QED) is 0.724. The molecular formula is C17H18FN5O2. The molecule has 2 aromatic heterocycles. The monoisotopic (exact) mass is 343 g/mol. The highest BCUT2D eigenvalue weighted by Gasteiger charge is 2.09. The van der Waals surface area contributed by atoms with E-state index in [1.54, 1.807) is 19.2 Å². The van der Waals surface area contributed by atoms with Gasteiger partial charge in [-0.2, -0.15) is 5.10 Å². The lowest BCUT2D eigenvalue weighted by atomic mass is 10.1. The van der Waals surface area contributed by atoms with E-state index >= 15 is 0 Å². The number of carbonyl (C=O) groups excluding carboxylic acids is 1. The zero-order valence-electron chi connectivity index (χ0n) is 13.8. The Morgan fingerprint density at radius 2 is 2.04 bits per heavy atom. The Hall–Kier alpha value is -3.03. The van der Waals surface area contributed by atoms with E-state index in [4.69, 9.17) is 0 Å². The molecule has 3 rings (SSSR count). The molecule has 3 aromatic rings. The van der Waals surface area contributed by atoms with Gasteiger partial charge in [0, 0.05) is 26.6 Å². The molecule has 8 heteroatoms. The lowest BCUT2D eigenvalue weighted by molar-refractivity contribution is -0.121. The number of rotatable bonds is 6. The van der Waals surface area contributed by atoms with Gasteiger partial charge < -0.3 is 5.32 Å². The first-order valence-corrected chi connectivity index (χ1v) is 7.93. The van der Waals surface area contributed by atoms with Crippen molar-refractivity contribution in [2.45, 2.75) is 19.4 Å². The highest BCUT2D eigenvalue weighted by molar-refractivity contribution is 5.76. The summed E-state index contributed by atoms with van der Waals surface area (Å²) in [4.78, 5) is 28.4. The Labute approximate surface area is 143 Å². The average molecular weight is 343 g/mol. The number of hydrogen-bond donors (Lipinski definition) is 1. The standard InChI is InChI=1S/C17H18FN5O2/c1-22-16-14(10-21-22)17(25)23(11-20-16)9-7-15(24)19-8-6-12-2-4-13(18)5-3-12/h2-5,10-11H,6-9H2,1H3,(H,19,24). The van der Waals surface area contributed by atoms with E-state index in [0.29, 0.717) is 24.0 Å². The number of hydrogen-bond acceptors (Lipinski definition) is 4. The van der Waals surface area contributed by atoms with E-state index in [0.717, 1.165) is 5.56 Å². The summed E-state index contributed by atoms with van der Waals surface area (Å²) in [5.74, 6) is -0.433. The van der Waals surface area contributed by atoms with Gasteiger partial charge in [-0.3, -0.25) is 18.8 Å². The molecule has 0 bridgehead atoms. The highest BCUT2D eigenvalue weighted by Crippen LogP contribution is 2.04. The SMILES string of the molecule is Cn1ncc2c(=O)n(CCC(=O)NCCc3ccc(F)cc3)cnc21. The number of carbonyl (C=O) groups is 1. The van der Waals surface area contributed by atoms with Gasteiger partial charge in [-0.15, -0.1) is 0 Å². The van der Waals surface area contributed by atoms with Crippen LogP contribution in [0.1, 0.15) is 12.0 Å². The van der Waals surface area contributed by atoms with Gasteiger partial charge in [0.25, 0.3) is 5.56 Å². The van der Waals surface area contributed by atoms with Crippen LogP contribution < -0.4 is 10.9 Å². The van der Waals surface area contributed by atoms with E-state index in [1.165, 1.54) is 33.9 Å². The van der Waals surface area contributed by atoms with Crippen LogP contribution in [-0.4, -0.2) is 31.8 Å². The number of aryl methyl sites for hydroxylation is 2. The predicted octanol–water partition coefficient (Wildman–Crippen LogP) is 1.02. The van der Waals surface area contributed by atoms with Crippen LogP contribution in [0.25, 0.3) is 11.0 Å². The molecule has 1 N–H and O–H groups in total. The van der Waals surface area contributed by atoms with Crippen molar-refractivity contribution in [1.29, 1.82) is 0 Å². The van der Waals surface area contributed by atoms with Gasteiger partial charge >= 0.3 is 0 Å². The molecule has 0 atom stereocenters. The summed E-state index contributed by atoms with van der Waals surface area (Å²) in [5, 5.41) is 7.23. The van der Waals surface area contributed by atoms with Gasteiger partial charge in [0.1, 0.15) is 11.2 Å². The van der Waals surface area contributed by atoms with Gasteiger partial charge in [-0.25, -0.2) is 9.37 Å². The third-order valence-electron chi connectivity index (χ3n) is 3.95. The number of nitrogens with zero attached hydrogens (tertiary/aromatic N) is 4. The van der Waals surface area contributed by atoms with Gasteiger partial charge in [-0.05, 0) is 24.1 Å². The smallest absolute Gasteiger partial charge is 0.264 e. The Morgan fingerprint density at radius 1 is 1.28 bits per heavy atom. The maximum absolute atomic E-state index is 12.8. The van der Waals surface area contributed by atoms with E-state index in [-0.39, 0.29) is 30.2 Å². The normalized spacial score (nSPS) is 11.0. The molecule has 0 saturated carbocycles. The molecular weight excluding hydrogens is 325 g/mol. The lowest BCUT2D eigenvalue weighted by Crippen LogP contribution is -2.29. The number of halogens is 1. The molecule has 130 valence electrons. The van der Waals surface area contributed by atoms with Crippen molar-refractivity contribution in [2.24, 2.45) is 7.05 Å². The number of aromatic nitrogens is 4. The van der Waals surface area contributed by atoms with Crippen molar-refractivity contribution >= 4 is 16.9 Å². The number of benzene rings is 1. The van der Waals surface area contributed by atoms with Crippen molar-refractivity contribution in [1.82, 2.24) is 24.6 Å². The summed E-state index contributed by atoms with van der Waals surface area (Å²) in [5.41, 5.74) is 1.26. The van der Waals surface area contributed by atoms with Gasteiger partial charge in [0.15, 0.2) is 5.65 Å². The van der Waals surface area contributed by atoms with Gasteiger partial charge in [0.2, 0.25) is 5.91 Å². The fourth-order valence-electron chi connectivity index (χ4n) is 2.53. The van der Waals surface area contributed by atoms with Gasteiger partial charge in [0.05, 0.1) is 12.5 Å². The molecule has 0 aliphatic heterocycles. The van der Waals surface area contributed by atoms with E-state index < -0.39 is 0 Å². The van der Waals surface area contributed by atoms with Crippen LogP contribution in [0.5, 0.6) is 0 Å².